The fraction of sp³-hybridized carbons (Fsp3) is 0.500. The Morgan fingerprint density at radius 2 is 1.70 bits per heavy atom. The van der Waals surface area contributed by atoms with Gasteiger partial charge in [-0.1, -0.05) is 17.7 Å². The molecule has 1 aromatic carbocycles. The zero-order valence-electron chi connectivity index (χ0n) is 12.3. The second kappa shape index (κ2) is 6.85. The van der Waals surface area contributed by atoms with E-state index in [9.17, 15) is 13.2 Å². The molecule has 0 bridgehead atoms. The number of carbonyl (C=O) groups excluding carboxylic acids is 1. The van der Waals surface area contributed by atoms with Crippen LogP contribution in [-0.4, -0.2) is 38.4 Å². The summed E-state index contributed by atoms with van der Waals surface area (Å²) in [5.74, 6) is -0.328. The number of nitrogens with zero attached hydrogens (tertiary/aromatic N) is 1. The highest BCUT2D eigenvalue weighted by molar-refractivity contribution is 7.86. The van der Waals surface area contributed by atoms with Crippen LogP contribution in [-0.2, 0) is 19.1 Å². The molecule has 0 spiro atoms. The van der Waals surface area contributed by atoms with Crippen molar-refractivity contribution in [2.45, 2.75) is 38.7 Å². The average Bonchev–Trinajstić information content (AvgIpc) is 2.40. The minimum atomic E-state index is -3.92. The van der Waals surface area contributed by atoms with Crippen molar-refractivity contribution < 1.29 is 17.4 Å². The molecule has 0 saturated carbocycles. The second-order valence-corrected chi connectivity index (χ2v) is 6.09. The third-order valence-corrected chi connectivity index (χ3v) is 4.40. The SMILES string of the molecule is CCN(CC)C(=O)[C@@H](C)OS(=O)(=O)c1ccc(C)cc1. The summed E-state index contributed by atoms with van der Waals surface area (Å²) in [7, 11) is -3.92. The van der Waals surface area contributed by atoms with Crippen LogP contribution in [0.25, 0.3) is 0 Å². The van der Waals surface area contributed by atoms with Gasteiger partial charge in [-0.2, -0.15) is 8.42 Å². The van der Waals surface area contributed by atoms with E-state index in [1.165, 1.54) is 24.0 Å². The molecule has 0 fully saturated rings. The van der Waals surface area contributed by atoms with Crippen molar-refractivity contribution in [2.75, 3.05) is 13.1 Å². The maximum absolute atomic E-state index is 12.1. The Bertz CT molecular complexity index is 547. The van der Waals surface area contributed by atoms with Crippen LogP contribution in [0.5, 0.6) is 0 Å². The minimum Gasteiger partial charge on any atom is -0.341 e. The van der Waals surface area contributed by atoms with Crippen molar-refractivity contribution in [3.8, 4) is 0 Å². The molecule has 0 aliphatic heterocycles. The topological polar surface area (TPSA) is 63.7 Å². The van der Waals surface area contributed by atoms with Gasteiger partial charge >= 0.3 is 0 Å². The molecule has 0 aliphatic rings. The van der Waals surface area contributed by atoms with E-state index in [0.29, 0.717) is 13.1 Å². The van der Waals surface area contributed by atoms with Crippen LogP contribution in [0.3, 0.4) is 0 Å². The van der Waals surface area contributed by atoms with Crippen LogP contribution < -0.4 is 0 Å². The summed E-state index contributed by atoms with van der Waals surface area (Å²) in [6, 6.07) is 6.32. The van der Waals surface area contributed by atoms with E-state index in [1.54, 1.807) is 12.1 Å². The largest absolute Gasteiger partial charge is 0.341 e. The van der Waals surface area contributed by atoms with Crippen LogP contribution in [0.1, 0.15) is 26.3 Å². The molecule has 0 N–H and O–H groups in total. The first kappa shape index (κ1) is 16.7. The molecule has 1 atom stereocenters. The summed E-state index contributed by atoms with van der Waals surface area (Å²) < 4.78 is 29.1. The Kier molecular flexibility index (Phi) is 5.71. The Morgan fingerprint density at radius 3 is 2.15 bits per heavy atom. The van der Waals surface area contributed by atoms with Crippen LogP contribution in [0.2, 0.25) is 0 Å². The molecule has 0 aliphatic carbocycles. The number of likely N-dealkylation sites (N-methyl/N-ethyl adjacent to an activating group) is 1. The Morgan fingerprint density at radius 1 is 1.20 bits per heavy atom. The van der Waals surface area contributed by atoms with Gasteiger partial charge in [0.15, 0.2) is 6.10 Å². The Labute approximate surface area is 120 Å². The molecular formula is C14H21NO4S. The quantitative estimate of drug-likeness (QED) is 0.753. The normalized spacial score (nSPS) is 13.0. The van der Waals surface area contributed by atoms with E-state index >= 15 is 0 Å². The van der Waals surface area contributed by atoms with E-state index in [1.807, 2.05) is 20.8 Å². The lowest BCUT2D eigenvalue weighted by molar-refractivity contribution is -0.137. The summed E-state index contributed by atoms with van der Waals surface area (Å²) in [5, 5.41) is 0. The number of aryl methyl sites for hydroxylation is 1. The van der Waals surface area contributed by atoms with Crippen molar-refractivity contribution >= 4 is 16.0 Å². The molecule has 0 unspecified atom stereocenters. The number of benzene rings is 1. The Balaban J connectivity index is 2.85. The van der Waals surface area contributed by atoms with E-state index in [-0.39, 0.29) is 10.8 Å². The third kappa shape index (κ3) is 4.05. The smallest absolute Gasteiger partial charge is 0.297 e. The van der Waals surface area contributed by atoms with E-state index in [2.05, 4.69) is 0 Å². The summed E-state index contributed by atoms with van der Waals surface area (Å²) in [4.78, 5) is 13.6. The molecule has 1 amide bonds. The highest BCUT2D eigenvalue weighted by Crippen LogP contribution is 2.16. The number of amides is 1. The molecule has 0 saturated heterocycles. The van der Waals surface area contributed by atoms with Gasteiger partial charge in [-0.3, -0.25) is 8.98 Å². The van der Waals surface area contributed by atoms with Gasteiger partial charge in [-0.15, -0.1) is 0 Å². The van der Waals surface area contributed by atoms with Crippen molar-refractivity contribution in [3.63, 3.8) is 0 Å². The fourth-order valence-corrected chi connectivity index (χ4v) is 2.83. The van der Waals surface area contributed by atoms with Gasteiger partial charge in [-0.05, 0) is 39.8 Å². The van der Waals surface area contributed by atoms with Gasteiger partial charge in [0.2, 0.25) is 0 Å². The molecule has 6 heteroatoms. The second-order valence-electron chi connectivity index (χ2n) is 4.52. The summed E-state index contributed by atoms with van der Waals surface area (Å²) >= 11 is 0. The maximum Gasteiger partial charge on any atom is 0.297 e. The maximum atomic E-state index is 12.1. The highest BCUT2D eigenvalue weighted by Gasteiger charge is 2.26. The molecule has 0 aromatic heterocycles. The number of hydrogen-bond acceptors (Lipinski definition) is 4. The van der Waals surface area contributed by atoms with Crippen LogP contribution in [0, 0.1) is 6.92 Å². The highest BCUT2D eigenvalue weighted by atomic mass is 32.2. The van der Waals surface area contributed by atoms with Gasteiger partial charge in [-0.25, -0.2) is 0 Å². The van der Waals surface area contributed by atoms with Crippen molar-refractivity contribution in [3.05, 3.63) is 29.8 Å². The first-order valence-electron chi connectivity index (χ1n) is 6.60. The monoisotopic (exact) mass is 299 g/mol. The fourth-order valence-electron chi connectivity index (χ4n) is 1.78. The van der Waals surface area contributed by atoms with Crippen molar-refractivity contribution in [1.82, 2.24) is 4.90 Å². The first-order valence-corrected chi connectivity index (χ1v) is 8.01. The van der Waals surface area contributed by atoms with E-state index in [4.69, 9.17) is 4.18 Å². The molecular weight excluding hydrogens is 278 g/mol. The van der Waals surface area contributed by atoms with E-state index in [0.717, 1.165) is 5.56 Å². The predicted molar refractivity (Wildman–Crippen MR) is 76.8 cm³/mol. The molecule has 0 heterocycles. The number of rotatable bonds is 6. The molecule has 1 rings (SSSR count). The van der Waals surface area contributed by atoms with Crippen molar-refractivity contribution in [1.29, 1.82) is 0 Å². The first-order chi connectivity index (χ1) is 9.31. The molecule has 5 nitrogen and oxygen atoms in total. The van der Waals surface area contributed by atoms with Crippen LogP contribution >= 0.6 is 0 Å². The Hall–Kier alpha value is -1.40. The zero-order chi connectivity index (χ0) is 15.3. The standard InChI is InChI=1S/C14H21NO4S/c1-5-15(6-2)14(16)12(4)19-20(17,18)13-9-7-11(3)8-10-13/h7-10,12H,5-6H2,1-4H3/t12-/m1/s1. The van der Waals surface area contributed by atoms with Crippen molar-refractivity contribution in [2.24, 2.45) is 0 Å². The zero-order valence-corrected chi connectivity index (χ0v) is 13.1. The lowest BCUT2D eigenvalue weighted by Crippen LogP contribution is -2.39. The summed E-state index contributed by atoms with van der Waals surface area (Å²) in [6.45, 7) is 8.03. The predicted octanol–water partition coefficient (Wildman–Crippen LogP) is 1.96. The molecule has 112 valence electrons. The molecule has 0 radical (unpaired) electrons. The number of carbonyl (C=O) groups is 1. The lowest BCUT2D eigenvalue weighted by atomic mass is 10.2. The summed E-state index contributed by atoms with van der Waals surface area (Å²) in [6.07, 6.45) is -1.03. The number of hydrogen-bond donors (Lipinski definition) is 0. The van der Waals surface area contributed by atoms with Gasteiger partial charge in [0.05, 0.1) is 4.90 Å². The van der Waals surface area contributed by atoms with Gasteiger partial charge in [0, 0.05) is 13.1 Å². The lowest BCUT2D eigenvalue weighted by Gasteiger charge is -2.22. The third-order valence-electron chi connectivity index (χ3n) is 3.00. The van der Waals surface area contributed by atoms with Gasteiger partial charge < -0.3 is 4.90 Å². The van der Waals surface area contributed by atoms with Gasteiger partial charge in [0.25, 0.3) is 16.0 Å². The molecule has 1 aromatic rings. The van der Waals surface area contributed by atoms with Gasteiger partial charge in [0.1, 0.15) is 0 Å². The molecule has 20 heavy (non-hydrogen) atoms. The minimum absolute atomic E-state index is 0.0577. The summed E-state index contributed by atoms with van der Waals surface area (Å²) in [5.41, 5.74) is 0.955. The average molecular weight is 299 g/mol. The van der Waals surface area contributed by atoms with Crippen LogP contribution in [0.15, 0.2) is 29.2 Å². The van der Waals surface area contributed by atoms with E-state index < -0.39 is 16.2 Å². The van der Waals surface area contributed by atoms with Crippen LogP contribution in [0.4, 0.5) is 0 Å².